The fourth-order valence-electron chi connectivity index (χ4n) is 2.32. The SMILES string of the molecule is CNC[C@@H](S)C(C)CNCC1=CC(C)[C@H](O)CC1. The van der Waals surface area contributed by atoms with Gasteiger partial charge >= 0.3 is 0 Å². The molecule has 0 saturated heterocycles. The van der Waals surface area contributed by atoms with Crippen LogP contribution < -0.4 is 10.6 Å². The van der Waals surface area contributed by atoms with Crippen molar-refractivity contribution in [3.05, 3.63) is 11.6 Å². The van der Waals surface area contributed by atoms with Gasteiger partial charge in [0.25, 0.3) is 0 Å². The monoisotopic (exact) mass is 272 g/mol. The number of thiol groups is 1. The van der Waals surface area contributed by atoms with Gasteiger partial charge in [0.2, 0.25) is 0 Å². The summed E-state index contributed by atoms with van der Waals surface area (Å²) in [5.41, 5.74) is 1.43. The highest BCUT2D eigenvalue weighted by Crippen LogP contribution is 2.22. The molecule has 0 radical (unpaired) electrons. The molecule has 18 heavy (non-hydrogen) atoms. The fraction of sp³-hybridized carbons (Fsp3) is 0.857. The van der Waals surface area contributed by atoms with E-state index in [1.165, 1.54) is 5.57 Å². The number of aliphatic hydroxyl groups is 1. The van der Waals surface area contributed by atoms with Crippen molar-refractivity contribution in [3.8, 4) is 0 Å². The Morgan fingerprint density at radius 3 is 2.83 bits per heavy atom. The molecule has 2 unspecified atom stereocenters. The molecule has 4 heteroatoms. The van der Waals surface area contributed by atoms with Crippen LogP contribution in [-0.4, -0.2) is 43.1 Å². The minimum Gasteiger partial charge on any atom is -0.393 e. The van der Waals surface area contributed by atoms with Gasteiger partial charge in [0.05, 0.1) is 6.10 Å². The van der Waals surface area contributed by atoms with E-state index in [1.807, 2.05) is 7.05 Å². The largest absolute Gasteiger partial charge is 0.393 e. The molecule has 0 aliphatic heterocycles. The molecule has 3 N–H and O–H groups in total. The van der Waals surface area contributed by atoms with Gasteiger partial charge in [-0.3, -0.25) is 0 Å². The van der Waals surface area contributed by atoms with Crippen molar-refractivity contribution in [3.63, 3.8) is 0 Å². The second kappa shape index (κ2) is 8.20. The van der Waals surface area contributed by atoms with Crippen molar-refractivity contribution in [1.82, 2.24) is 10.6 Å². The van der Waals surface area contributed by atoms with Gasteiger partial charge in [-0.2, -0.15) is 12.6 Å². The van der Waals surface area contributed by atoms with Gasteiger partial charge in [-0.15, -0.1) is 0 Å². The smallest absolute Gasteiger partial charge is 0.0603 e. The maximum atomic E-state index is 9.66. The second-order valence-electron chi connectivity index (χ2n) is 5.52. The molecule has 0 saturated carbocycles. The first-order valence-corrected chi connectivity index (χ1v) is 7.47. The first-order valence-electron chi connectivity index (χ1n) is 6.95. The predicted molar refractivity (Wildman–Crippen MR) is 81.2 cm³/mol. The van der Waals surface area contributed by atoms with E-state index < -0.39 is 0 Å². The van der Waals surface area contributed by atoms with E-state index in [1.54, 1.807) is 0 Å². The Hall–Kier alpha value is -0.0300. The Balaban J connectivity index is 2.23. The Kier molecular flexibility index (Phi) is 7.30. The molecule has 0 bridgehead atoms. The fourth-order valence-corrected chi connectivity index (χ4v) is 2.60. The minimum absolute atomic E-state index is 0.148. The van der Waals surface area contributed by atoms with Crippen molar-refractivity contribution >= 4 is 12.6 Å². The standard InChI is InChI=1S/C14H28N2OS/c1-10-6-12(4-5-13(10)17)8-16-7-11(2)14(18)9-15-3/h6,10-11,13-18H,4-5,7-9H2,1-3H3/t10?,11?,13-,14-/m1/s1. The number of hydrogen-bond acceptors (Lipinski definition) is 4. The van der Waals surface area contributed by atoms with E-state index in [0.717, 1.165) is 32.5 Å². The molecule has 0 fully saturated rings. The third-order valence-corrected chi connectivity index (χ3v) is 4.45. The van der Waals surface area contributed by atoms with Crippen molar-refractivity contribution in [2.75, 3.05) is 26.7 Å². The lowest BCUT2D eigenvalue weighted by Crippen LogP contribution is -2.33. The van der Waals surface area contributed by atoms with Gasteiger partial charge in [-0.05, 0) is 32.4 Å². The van der Waals surface area contributed by atoms with Gasteiger partial charge in [0, 0.05) is 24.3 Å². The van der Waals surface area contributed by atoms with Gasteiger partial charge in [-0.25, -0.2) is 0 Å². The van der Waals surface area contributed by atoms with Gasteiger partial charge in [0.1, 0.15) is 0 Å². The highest BCUT2D eigenvalue weighted by atomic mass is 32.1. The number of aliphatic hydroxyl groups excluding tert-OH is 1. The van der Waals surface area contributed by atoms with E-state index in [2.05, 4.69) is 43.2 Å². The van der Waals surface area contributed by atoms with Crippen LogP contribution in [0, 0.1) is 11.8 Å². The van der Waals surface area contributed by atoms with E-state index >= 15 is 0 Å². The molecular formula is C14H28N2OS. The summed E-state index contributed by atoms with van der Waals surface area (Å²) in [7, 11) is 1.96. The maximum Gasteiger partial charge on any atom is 0.0603 e. The van der Waals surface area contributed by atoms with Crippen molar-refractivity contribution in [1.29, 1.82) is 0 Å². The topological polar surface area (TPSA) is 44.3 Å². The van der Waals surface area contributed by atoms with Gasteiger partial charge in [-0.1, -0.05) is 25.5 Å². The summed E-state index contributed by atoms with van der Waals surface area (Å²) in [4.78, 5) is 0. The zero-order valence-corrected chi connectivity index (χ0v) is 12.7. The molecule has 0 spiro atoms. The Labute approximate surface area is 117 Å². The first kappa shape index (κ1) is 16.0. The van der Waals surface area contributed by atoms with E-state index in [9.17, 15) is 5.11 Å². The number of rotatable bonds is 7. The third kappa shape index (κ3) is 5.31. The molecule has 1 rings (SSSR count). The van der Waals surface area contributed by atoms with Crippen LogP contribution in [0.25, 0.3) is 0 Å². The average Bonchev–Trinajstić information content (AvgIpc) is 2.34. The molecule has 3 nitrogen and oxygen atoms in total. The molecule has 1 aliphatic carbocycles. The minimum atomic E-state index is -0.148. The van der Waals surface area contributed by atoms with Crippen molar-refractivity contribution < 1.29 is 5.11 Å². The third-order valence-electron chi connectivity index (χ3n) is 3.76. The van der Waals surface area contributed by atoms with Crippen LogP contribution in [0.1, 0.15) is 26.7 Å². The summed E-state index contributed by atoms with van der Waals surface area (Å²) in [5, 5.41) is 16.7. The molecule has 0 aromatic heterocycles. The molecule has 0 amide bonds. The van der Waals surface area contributed by atoms with Crippen LogP contribution >= 0.6 is 12.6 Å². The zero-order valence-electron chi connectivity index (χ0n) is 11.8. The van der Waals surface area contributed by atoms with Gasteiger partial charge < -0.3 is 15.7 Å². The van der Waals surface area contributed by atoms with Crippen LogP contribution in [0.4, 0.5) is 0 Å². The molecular weight excluding hydrogens is 244 g/mol. The van der Waals surface area contributed by atoms with Crippen LogP contribution in [0.15, 0.2) is 11.6 Å². The van der Waals surface area contributed by atoms with Crippen LogP contribution in [0.2, 0.25) is 0 Å². The van der Waals surface area contributed by atoms with Crippen LogP contribution in [0.3, 0.4) is 0 Å². The molecule has 1 aliphatic rings. The summed E-state index contributed by atoms with van der Waals surface area (Å²) in [6.45, 7) is 7.19. The Bertz CT molecular complexity index is 271. The predicted octanol–water partition coefficient (Wildman–Crippen LogP) is 1.45. The number of nitrogens with one attached hydrogen (secondary N) is 2. The van der Waals surface area contributed by atoms with E-state index in [-0.39, 0.29) is 6.10 Å². The lowest BCUT2D eigenvalue weighted by molar-refractivity contribution is 0.121. The zero-order chi connectivity index (χ0) is 13.5. The summed E-state index contributed by atoms with van der Waals surface area (Å²) in [6.07, 6.45) is 4.00. The Morgan fingerprint density at radius 2 is 2.22 bits per heavy atom. The molecule has 0 aromatic rings. The highest BCUT2D eigenvalue weighted by Gasteiger charge is 2.18. The number of hydrogen-bond donors (Lipinski definition) is 4. The second-order valence-corrected chi connectivity index (χ2v) is 6.19. The summed E-state index contributed by atoms with van der Waals surface area (Å²) < 4.78 is 0. The highest BCUT2D eigenvalue weighted by molar-refractivity contribution is 7.81. The van der Waals surface area contributed by atoms with Gasteiger partial charge in [0.15, 0.2) is 0 Å². The average molecular weight is 272 g/mol. The van der Waals surface area contributed by atoms with E-state index in [4.69, 9.17) is 0 Å². The molecule has 106 valence electrons. The maximum absolute atomic E-state index is 9.66. The lowest BCUT2D eigenvalue weighted by Gasteiger charge is -2.25. The quantitative estimate of drug-likeness (QED) is 0.419. The summed E-state index contributed by atoms with van der Waals surface area (Å²) in [5.74, 6) is 0.850. The van der Waals surface area contributed by atoms with Crippen molar-refractivity contribution in [2.45, 2.75) is 38.0 Å². The van der Waals surface area contributed by atoms with Crippen LogP contribution in [-0.2, 0) is 0 Å². The van der Waals surface area contributed by atoms with E-state index in [0.29, 0.717) is 17.1 Å². The summed E-state index contributed by atoms with van der Waals surface area (Å²) in [6, 6.07) is 0. The van der Waals surface area contributed by atoms with Crippen LogP contribution in [0.5, 0.6) is 0 Å². The molecule has 4 atom stereocenters. The first-order chi connectivity index (χ1) is 8.54. The molecule has 0 heterocycles. The summed E-state index contributed by atoms with van der Waals surface area (Å²) >= 11 is 4.58. The normalized spacial score (nSPS) is 27.7. The Morgan fingerprint density at radius 1 is 1.50 bits per heavy atom. The molecule has 0 aromatic carbocycles. The lowest BCUT2D eigenvalue weighted by atomic mass is 9.89. The van der Waals surface area contributed by atoms with Crippen molar-refractivity contribution in [2.24, 2.45) is 11.8 Å².